The summed E-state index contributed by atoms with van der Waals surface area (Å²) in [6.45, 7) is 2.47. The van der Waals surface area contributed by atoms with Gasteiger partial charge in [-0.05, 0) is 12.2 Å². The maximum absolute atomic E-state index is 11.5. The molecule has 0 aromatic heterocycles. The molecule has 0 saturated carbocycles. The molecule has 1 aliphatic carbocycles. The summed E-state index contributed by atoms with van der Waals surface area (Å²) >= 11 is 0. The van der Waals surface area contributed by atoms with Crippen molar-refractivity contribution in [1.82, 2.24) is 10.6 Å². The Labute approximate surface area is 122 Å². The van der Waals surface area contributed by atoms with Gasteiger partial charge in [-0.15, -0.1) is 0 Å². The first kappa shape index (κ1) is 13.9. The monoisotopic (exact) mass is 290 g/mol. The maximum Gasteiger partial charge on any atom is 0.226 e. The second kappa shape index (κ2) is 5.37. The van der Waals surface area contributed by atoms with Crippen LogP contribution in [0.3, 0.4) is 0 Å². The number of hydrogen-bond acceptors (Lipinski definition) is 4. The minimum atomic E-state index is -0.747. The fourth-order valence-electron chi connectivity index (χ4n) is 2.95. The van der Waals surface area contributed by atoms with E-state index in [0.717, 1.165) is 11.3 Å². The molecule has 1 fully saturated rings. The van der Waals surface area contributed by atoms with Gasteiger partial charge in [0.2, 0.25) is 11.8 Å². The van der Waals surface area contributed by atoms with Gasteiger partial charge in [-0.2, -0.15) is 0 Å². The Kier molecular flexibility index (Phi) is 3.55. The summed E-state index contributed by atoms with van der Waals surface area (Å²) in [6.07, 6.45) is 4.96. The van der Waals surface area contributed by atoms with Gasteiger partial charge in [0.15, 0.2) is 0 Å². The summed E-state index contributed by atoms with van der Waals surface area (Å²) in [5.74, 6) is 0.281. The normalized spacial score (nSPS) is 30.7. The Bertz CT molecular complexity index is 576. The van der Waals surface area contributed by atoms with Crippen LogP contribution in [0, 0.1) is 11.8 Å². The number of allylic oxidation sites excluding steroid dienone is 3. The van der Waals surface area contributed by atoms with Crippen LogP contribution in [0.1, 0.15) is 13.3 Å². The second-order valence-electron chi connectivity index (χ2n) is 5.58. The van der Waals surface area contributed by atoms with Crippen molar-refractivity contribution in [2.24, 2.45) is 11.8 Å². The highest BCUT2D eigenvalue weighted by Gasteiger charge is 2.39. The van der Waals surface area contributed by atoms with E-state index in [1.165, 1.54) is 6.92 Å². The lowest BCUT2D eigenvalue weighted by Crippen LogP contribution is -2.44. The summed E-state index contributed by atoms with van der Waals surface area (Å²) in [5.41, 5.74) is 1.60. The molecule has 2 heterocycles. The average molecular weight is 290 g/mol. The summed E-state index contributed by atoms with van der Waals surface area (Å²) in [6, 6.07) is 0. The molecule has 0 aromatic carbocycles. The predicted molar refractivity (Wildman–Crippen MR) is 74.6 cm³/mol. The van der Waals surface area contributed by atoms with E-state index in [1.54, 1.807) is 6.08 Å². The fraction of sp³-hybridized carbons (Fsp3) is 0.467. The van der Waals surface area contributed by atoms with Gasteiger partial charge < -0.3 is 20.5 Å². The van der Waals surface area contributed by atoms with E-state index in [9.17, 15) is 14.7 Å². The SMILES string of the molecule is CC(=O)NCC1C=C2C(=CC=C3NC(=O)CC(O)C32)OC1. The molecule has 6 heteroatoms. The van der Waals surface area contributed by atoms with E-state index in [1.807, 2.05) is 12.2 Å². The fourth-order valence-corrected chi connectivity index (χ4v) is 2.95. The van der Waals surface area contributed by atoms with Crippen LogP contribution in [0.25, 0.3) is 0 Å². The molecule has 0 bridgehead atoms. The van der Waals surface area contributed by atoms with Gasteiger partial charge in [0.25, 0.3) is 0 Å². The number of hydrogen-bond donors (Lipinski definition) is 3. The van der Waals surface area contributed by atoms with Crippen LogP contribution in [-0.4, -0.2) is 36.2 Å². The largest absolute Gasteiger partial charge is 0.493 e. The quantitative estimate of drug-likeness (QED) is 0.666. The molecule has 2 aliphatic heterocycles. The van der Waals surface area contributed by atoms with Crippen LogP contribution in [0.2, 0.25) is 0 Å². The van der Waals surface area contributed by atoms with E-state index in [0.29, 0.717) is 18.8 Å². The Hall–Kier alpha value is -2.08. The van der Waals surface area contributed by atoms with Gasteiger partial charge >= 0.3 is 0 Å². The molecule has 0 aromatic rings. The molecule has 21 heavy (non-hydrogen) atoms. The van der Waals surface area contributed by atoms with Gasteiger partial charge in [-0.3, -0.25) is 9.59 Å². The highest BCUT2D eigenvalue weighted by Crippen LogP contribution is 2.38. The average Bonchev–Trinajstić information content (AvgIpc) is 2.43. The van der Waals surface area contributed by atoms with Crippen molar-refractivity contribution in [2.45, 2.75) is 19.4 Å². The van der Waals surface area contributed by atoms with Crippen LogP contribution in [0.4, 0.5) is 0 Å². The topological polar surface area (TPSA) is 87.7 Å². The molecule has 3 unspecified atom stereocenters. The third-order valence-electron chi connectivity index (χ3n) is 3.91. The molecular weight excluding hydrogens is 272 g/mol. The van der Waals surface area contributed by atoms with Crippen molar-refractivity contribution in [1.29, 1.82) is 0 Å². The van der Waals surface area contributed by atoms with Crippen LogP contribution in [-0.2, 0) is 14.3 Å². The number of nitrogens with one attached hydrogen (secondary N) is 2. The molecule has 0 radical (unpaired) electrons. The van der Waals surface area contributed by atoms with Crippen LogP contribution in [0.5, 0.6) is 0 Å². The first-order valence-corrected chi connectivity index (χ1v) is 7.03. The maximum atomic E-state index is 11.5. The van der Waals surface area contributed by atoms with E-state index in [-0.39, 0.29) is 30.1 Å². The highest BCUT2D eigenvalue weighted by molar-refractivity contribution is 5.80. The second-order valence-corrected chi connectivity index (χ2v) is 5.58. The van der Waals surface area contributed by atoms with Crippen molar-refractivity contribution >= 4 is 11.8 Å². The van der Waals surface area contributed by atoms with Crippen molar-refractivity contribution in [2.75, 3.05) is 13.2 Å². The first-order valence-electron chi connectivity index (χ1n) is 7.03. The lowest BCUT2D eigenvalue weighted by atomic mass is 9.79. The zero-order chi connectivity index (χ0) is 15.0. The molecule has 3 rings (SSSR count). The Morgan fingerprint density at radius 3 is 3.10 bits per heavy atom. The van der Waals surface area contributed by atoms with E-state index in [4.69, 9.17) is 4.74 Å². The third-order valence-corrected chi connectivity index (χ3v) is 3.91. The number of aliphatic hydroxyl groups is 1. The number of piperidine rings is 1. The van der Waals surface area contributed by atoms with Gasteiger partial charge in [-0.25, -0.2) is 0 Å². The number of rotatable bonds is 2. The minimum Gasteiger partial charge on any atom is -0.493 e. The zero-order valence-corrected chi connectivity index (χ0v) is 11.8. The number of carbonyl (C=O) groups is 2. The third kappa shape index (κ3) is 2.71. The molecule has 1 saturated heterocycles. The van der Waals surface area contributed by atoms with E-state index in [2.05, 4.69) is 10.6 Å². The summed E-state index contributed by atoms with van der Waals surface area (Å²) in [5, 5.41) is 15.8. The van der Waals surface area contributed by atoms with Crippen LogP contribution in [0.15, 0.2) is 35.3 Å². The smallest absolute Gasteiger partial charge is 0.226 e. The summed E-state index contributed by atoms with van der Waals surface area (Å²) in [7, 11) is 0. The van der Waals surface area contributed by atoms with Crippen molar-refractivity contribution in [3.63, 3.8) is 0 Å². The molecule has 6 nitrogen and oxygen atoms in total. The number of aliphatic hydroxyl groups excluding tert-OH is 1. The molecule has 0 spiro atoms. The summed E-state index contributed by atoms with van der Waals surface area (Å²) < 4.78 is 5.72. The minimum absolute atomic E-state index is 0.0604. The molecule has 2 amide bonds. The van der Waals surface area contributed by atoms with E-state index < -0.39 is 6.10 Å². The molecule has 3 N–H and O–H groups in total. The molecule has 3 atom stereocenters. The van der Waals surface area contributed by atoms with Crippen molar-refractivity contribution in [3.05, 3.63) is 35.3 Å². The lowest BCUT2D eigenvalue weighted by Gasteiger charge is -2.37. The standard InChI is InChI=1S/C15H18N2O4/c1-8(18)16-6-9-4-10-13(21-7-9)3-2-11-15(10)12(19)5-14(20)17-11/h2-4,9,12,15,19H,5-7H2,1H3,(H,16,18)(H,17,20). The number of carbonyl (C=O) groups excluding carboxylic acids is 2. The Morgan fingerprint density at radius 1 is 1.52 bits per heavy atom. The Balaban J connectivity index is 1.84. The van der Waals surface area contributed by atoms with Gasteiger partial charge in [0.1, 0.15) is 5.76 Å². The number of ether oxygens (including phenoxy) is 1. The van der Waals surface area contributed by atoms with E-state index >= 15 is 0 Å². The first-order chi connectivity index (χ1) is 10.0. The lowest BCUT2D eigenvalue weighted by molar-refractivity contribution is -0.124. The number of amides is 2. The summed E-state index contributed by atoms with van der Waals surface area (Å²) in [4.78, 5) is 22.5. The molecular formula is C15H18N2O4. The Morgan fingerprint density at radius 2 is 2.33 bits per heavy atom. The highest BCUT2D eigenvalue weighted by atomic mass is 16.5. The number of fused-ring (bicyclic) bond motifs is 3. The van der Waals surface area contributed by atoms with Gasteiger partial charge in [-0.1, -0.05) is 6.08 Å². The van der Waals surface area contributed by atoms with Gasteiger partial charge in [0.05, 0.1) is 25.0 Å². The molecule has 112 valence electrons. The molecule has 3 aliphatic rings. The van der Waals surface area contributed by atoms with Crippen molar-refractivity contribution in [3.8, 4) is 0 Å². The van der Waals surface area contributed by atoms with Crippen molar-refractivity contribution < 1.29 is 19.4 Å². The predicted octanol–water partition coefficient (Wildman–Crippen LogP) is -0.0263. The van der Waals surface area contributed by atoms with Gasteiger partial charge in [0, 0.05) is 30.7 Å². The van der Waals surface area contributed by atoms with Crippen LogP contribution >= 0.6 is 0 Å². The zero-order valence-electron chi connectivity index (χ0n) is 11.8. The van der Waals surface area contributed by atoms with Crippen LogP contribution < -0.4 is 10.6 Å².